The number of ether oxygens (including phenoxy) is 1. The molecule has 2 rings (SSSR count). The van der Waals surface area contributed by atoms with Gasteiger partial charge >= 0.3 is 5.97 Å². The quantitative estimate of drug-likeness (QED) is 0.778. The molecule has 0 bridgehead atoms. The van der Waals surface area contributed by atoms with Crippen molar-refractivity contribution in [1.29, 1.82) is 0 Å². The second kappa shape index (κ2) is 7.02. The SMILES string of the molecule is CCOC(=O)C1CCCN(C(C)c2nc(C(C)C)no2)C1. The predicted molar refractivity (Wildman–Crippen MR) is 77.7 cm³/mol. The van der Waals surface area contributed by atoms with Gasteiger partial charge in [0.2, 0.25) is 5.89 Å². The first kappa shape index (κ1) is 15.9. The minimum absolute atomic E-state index is 0.0298. The van der Waals surface area contributed by atoms with Gasteiger partial charge in [-0.3, -0.25) is 9.69 Å². The third-order valence-corrected chi connectivity index (χ3v) is 3.95. The average molecular weight is 295 g/mol. The monoisotopic (exact) mass is 295 g/mol. The Morgan fingerprint density at radius 2 is 2.24 bits per heavy atom. The second-order valence-electron chi connectivity index (χ2n) is 5.91. The Bertz CT molecular complexity index is 472. The van der Waals surface area contributed by atoms with Gasteiger partial charge in [0.05, 0.1) is 18.6 Å². The molecule has 0 spiro atoms. The summed E-state index contributed by atoms with van der Waals surface area (Å²) in [6, 6.07) is 0.0298. The van der Waals surface area contributed by atoms with Gasteiger partial charge in [-0.05, 0) is 33.2 Å². The number of likely N-dealkylation sites (tertiary alicyclic amines) is 1. The lowest BCUT2D eigenvalue weighted by Crippen LogP contribution is -2.40. The highest BCUT2D eigenvalue weighted by Gasteiger charge is 2.31. The first-order valence-corrected chi connectivity index (χ1v) is 7.77. The van der Waals surface area contributed by atoms with Crippen LogP contribution in [-0.4, -0.2) is 40.7 Å². The van der Waals surface area contributed by atoms with Crippen LogP contribution in [0.1, 0.15) is 64.2 Å². The summed E-state index contributed by atoms with van der Waals surface area (Å²) in [6.07, 6.45) is 1.88. The molecule has 1 saturated heterocycles. The summed E-state index contributed by atoms with van der Waals surface area (Å²) < 4.78 is 10.5. The first-order chi connectivity index (χ1) is 10.0. The normalized spacial score (nSPS) is 21.5. The van der Waals surface area contributed by atoms with Gasteiger partial charge in [0.1, 0.15) is 0 Å². The van der Waals surface area contributed by atoms with E-state index < -0.39 is 0 Å². The third-order valence-electron chi connectivity index (χ3n) is 3.95. The molecule has 2 heterocycles. The van der Waals surface area contributed by atoms with Gasteiger partial charge in [0.25, 0.3) is 0 Å². The minimum Gasteiger partial charge on any atom is -0.466 e. The van der Waals surface area contributed by atoms with Gasteiger partial charge in [-0.15, -0.1) is 0 Å². The Morgan fingerprint density at radius 1 is 1.48 bits per heavy atom. The maximum absolute atomic E-state index is 11.9. The molecule has 21 heavy (non-hydrogen) atoms. The first-order valence-electron chi connectivity index (χ1n) is 7.77. The standard InChI is InChI=1S/C15H25N3O3/c1-5-20-15(19)12-7-6-8-18(9-12)11(4)14-16-13(10(2)3)17-21-14/h10-12H,5-9H2,1-4H3. The molecule has 0 radical (unpaired) electrons. The zero-order valence-corrected chi connectivity index (χ0v) is 13.3. The molecule has 1 aromatic rings. The van der Waals surface area contributed by atoms with E-state index in [0.29, 0.717) is 19.0 Å². The largest absolute Gasteiger partial charge is 0.466 e. The zero-order chi connectivity index (χ0) is 15.4. The number of hydrogen-bond donors (Lipinski definition) is 0. The Labute approximate surface area is 125 Å². The van der Waals surface area contributed by atoms with E-state index in [4.69, 9.17) is 9.26 Å². The summed E-state index contributed by atoms with van der Waals surface area (Å²) in [5.41, 5.74) is 0. The van der Waals surface area contributed by atoms with Crippen molar-refractivity contribution in [3.63, 3.8) is 0 Å². The topological polar surface area (TPSA) is 68.5 Å². The molecule has 2 atom stereocenters. The van der Waals surface area contributed by atoms with Gasteiger partial charge < -0.3 is 9.26 Å². The lowest BCUT2D eigenvalue weighted by molar-refractivity contribution is -0.150. The summed E-state index contributed by atoms with van der Waals surface area (Å²) in [5, 5.41) is 4.01. The van der Waals surface area contributed by atoms with E-state index in [9.17, 15) is 4.79 Å². The van der Waals surface area contributed by atoms with Crippen molar-refractivity contribution in [3.8, 4) is 0 Å². The fraction of sp³-hybridized carbons (Fsp3) is 0.800. The molecule has 0 amide bonds. The number of hydrogen-bond acceptors (Lipinski definition) is 6. The molecule has 0 N–H and O–H groups in total. The van der Waals surface area contributed by atoms with E-state index in [0.717, 1.165) is 25.2 Å². The molecule has 1 fully saturated rings. The smallest absolute Gasteiger partial charge is 0.310 e. The van der Waals surface area contributed by atoms with Crippen LogP contribution in [0.25, 0.3) is 0 Å². The molecule has 0 aromatic carbocycles. The van der Waals surface area contributed by atoms with E-state index in [1.165, 1.54) is 0 Å². The van der Waals surface area contributed by atoms with Crippen molar-refractivity contribution in [2.45, 2.75) is 52.5 Å². The maximum atomic E-state index is 11.9. The predicted octanol–water partition coefficient (Wildman–Crippen LogP) is 2.53. The van der Waals surface area contributed by atoms with Crippen LogP contribution >= 0.6 is 0 Å². The summed E-state index contributed by atoms with van der Waals surface area (Å²) in [6.45, 7) is 10.0. The Kier molecular flexibility index (Phi) is 5.33. The molecule has 6 nitrogen and oxygen atoms in total. The lowest BCUT2D eigenvalue weighted by Gasteiger charge is -2.34. The molecular formula is C15H25N3O3. The molecule has 0 saturated carbocycles. The molecule has 6 heteroatoms. The minimum atomic E-state index is -0.0946. The van der Waals surface area contributed by atoms with Gasteiger partial charge in [-0.2, -0.15) is 4.98 Å². The molecule has 118 valence electrons. The molecular weight excluding hydrogens is 270 g/mol. The van der Waals surface area contributed by atoms with Crippen molar-refractivity contribution in [1.82, 2.24) is 15.0 Å². The van der Waals surface area contributed by atoms with E-state index in [1.54, 1.807) is 0 Å². The lowest BCUT2D eigenvalue weighted by atomic mass is 9.97. The van der Waals surface area contributed by atoms with Crippen LogP contribution in [-0.2, 0) is 9.53 Å². The number of piperidine rings is 1. The van der Waals surface area contributed by atoms with Crippen LogP contribution in [0.4, 0.5) is 0 Å². The number of esters is 1. The number of carbonyl (C=O) groups is 1. The summed E-state index contributed by atoms with van der Waals surface area (Å²) in [7, 11) is 0. The van der Waals surface area contributed by atoms with Crippen LogP contribution in [0.5, 0.6) is 0 Å². The maximum Gasteiger partial charge on any atom is 0.310 e. The number of nitrogens with zero attached hydrogens (tertiary/aromatic N) is 3. The molecule has 0 aliphatic carbocycles. The number of carbonyl (C=O) groups excluding carboxylic acids is 1. The van der Waals surface area contributed by atoms with Crippen LogP contribution in [0.2, 0.25) is 0 Å². The fourth-order valence-corrected chi connectivity index (χ4v) is 2.62. The summed E-state index contributed by atoms with van der Waals surface area (Å²) in [4.78, 5) is 18.6. The van der Waals surface area contributed by atoms with Crippen LogP contribution in [0.15, 0.2) is 4.52 Å². The highest BCUT2D eigenvalue weighted by atomic mass is 16.5. The van der Waals surface area contributed by atoms with Gasteiger partial charge in [-0.25, -0.2) is 0 Å². The van der Waals surface area contributed by atoms with E-state index in [1.807, 2.05) is 27.7 Å². The number of aromatic nitrogens is 2. The Morgan fingerprint density at radius 3 is 2.86 bits per heavy atom. The molecule has 1 aliphatic heterocycles. The highest BCUT2D eigenvalue weighted by Crippen LogP contribution is 2.27. The van der Waals surface area contributed by atoms with Crippen molar-refractivity contribution in [2.24, 2.45) is 5.92 Å². The fourth-order valence-electron chi connectivity index (χ4n) is 2.62. The van der Waals surface area contributed by atoms with Gasteiger partial charge in [0.15, 0.2) is 5.82 Å². The molecule has 1 aromatic heterocycles. The van der Waals surface area contributed by atoms with E-state index in [-0.39, 0.29) is 23.8 Å². The second-order valence-corrected chi connectivity index (χ2v) is 5.91. The van der Waals surface area contributed by atoms with E-state index >= 15 is 0 Å². The molecule has 1 aliphatic rings. The average Bonchev–Trinajstić information content (AvgIpc) is 2.97. The Hall–Kier alpha value is -1.43. The van der Waals surface area contributed by atoms with E-state index in [2.05, 4.69) is 15.0 Å². The van der Waals surface area contributed by atoms with Gasteiger partial charge in [0, 0.05) is 12.5 Å². The highest BCUT2D eigenvalue weighted by molar-refractivity contribution is 5.72. The van der Waals surface area contributed by atoms with Crippen molar-refractivity contribution in [3.05, 3.63) is 11.7 Å². The molecule has 2 unspecified atom stereocenters. The van der Waals surface area contributed by atoms with Crippen molar-refractivity contribution in [2.75, 3.05) is 19.7 Å². The van der Waals surface area contributed by atoms with Crippen LogP contribution in [0, 0.1) is 5.92 Å². The number of rotatable bonds is 5. The van der Waals surface area contributed by atoms with Crippen molar-refractivity contribution >= 4 is 5.97 Å². The Balaban J connectivity index is 2.01. The zero-order valence-electron chi connectivity index (χ0n) is 13.3. The third kappa shape index (κ3) is 3.81. The van der Waals surface area contributed by atoms with Crippen molar-refractivity contribution < 1.29 is 14.1 Å². The van der Waals surface area contributed by atoms with Crippen LogP contribution in [0.3, 0.4) is 0 Å². The van der Waals surface area contributed by atoms with Gasteiger partial charge in [-0.1, -0.05) is 19.0 Å². The summed E-state index contributed by atoms with van der Waals surface area (Å²) >= 11 is 0. The van der Waals surface area contributed by atoms with Crippen LogP contribution < -0.4 is 0 Å². The summed E-state index contributed by atoms with van der Waals surface area (Å²) in [5.74, 6) is 1.47.